The van der Waals surface area contributed by atoms with E-state index < -0.39 is 11.6 Å². The van der Waals surface area contributed by atoms with Crippen LogP contribution in [0.1, 0.15) is 17.0 Å². The van der Waals surface area contributed by atoms with Gasteiger partial charge in [0.05, 0.1) is 5.52 Å². The summed E-state index contributed by atoms with van der Waals surface area (Å²) in [6.07, 6.45) is 2.15. The Labute approximate surface area is 108 Å². The number of aromatic nitrogens is 3. The maximum absolute atomic E-state index is 13.1. The third-order valence-electron chi connectivity index (χ3n) is 2.88. The number of hydrogen-bond donors (Lipinski definition) is 1. The molecule has 3 nitrogen and oxygen atoms in total. The van der Waals surface area contributed by atoms with E-state index in [1.54, 1.807) is 12.3 Å². The minimum absolute atomic E-state index is 0.409. The van der Waals surface area contributed by atoms with E-state index in [1.165, 1.54) is 6.07 Å². The van der Waals surface area contributed by atoms with Crippen LogP contribution in [0.5, 0.6) is 0 Å². The van der Waals surface area contributed by atoms with E-state index in [0.29, 0.717) is 23.5 Å². The van der Waals surface area contributed by atoms with Gasteiger partial charge in [-0.1, -0.05) is 6.07 Å². The molecule has 0 unspecified atom stereocenters. The van der Waals surface area contributed by atoms with E-state index in [9.17, 15) is 8.78 Å². The lowest BCUT2D eigenvalue weighted by molar-refractivity contribution is 0.507. The van der Waals surface area contributed by atoms with Crippen LogP contribution in [0.15, 0.2) is 30.5 Å². The lowest BCUT2D eigenvalue weighted by atomic mass is 10.1. The predicted molar refractivity (Wildman–Crippen MR) is 67.8 cm³/mol. The third kappa shape index (κ3) is 2.31. The van der Waals surface area contributed by atoms with Gasteiger partial charge in [0.1, 0.15) is 5.82 Å². The molecule has 0 aliphatic heterocycles. The van der Waals surface area contributed by atoms with Crippen molar-refractivity contribution in [3.63, 3.8) is 0 Å². The number of aryl methyl sites for hydroxylation is 1. The second kappa shape index (κ2) is 4.42. The van der Waals surface area contributed by atoms with E-state index in [2.05, 4.69) is 15.0 Å². The average Bonchev–Trinajstić information content (AvgIpc) is 2.75. The van der Waals surface area contributed by atoms with Gasteiger partial charge in [0, 0.05) is 12.6 Å². The van der Waals surface area contributed by atoms with Crippen LogP contribution in [0.3, 0.4) is 0 Å². The van der Waals surface area contributed by atoms with Gasteiger partial charge in [-0.3, -0.25) is 0 Å². The van der Waals surface area contributed by atoms with Crippen molar-refractivity contribution in [2.24, 2.45) is 0 Å². The number of hydrogen-bond acceptors (Lipinski definition) is 2. The highest BCUT2D eigenvalue weighted by Gasteiger charge is 2.07. The first kappa shape index (κ1) is 11.8. The van der Waals surface area contributed by atoms with Crippen molar-refractivity contribution in [1.82, 2.24) is 15.0 Å². The van der Waals surface area contributed by atoms with Crippen molar-refractivity contribution in [2.75, 3.05) is 0 Å². The van der Waals surface area contributed by atoms with Gasteiger partial charge in [-0.05, 0) is 36.2 Å². The average molecular weight is 259 g/mol. The predicted octanol–water partition coefficient (Wildman–Crippen LogP) is 3.14. The van der Waals surface area contributed by atoms with Gasteiger partial charge < -0.3 is 4.98 Å². The molecule has 96 valence electrons. The van der Waals surface area contributed by atoms with Crippen LogP contribution in [-0.2, 0) is 6.42 Å². The summed E-state index contributed by atoms with van der Waals surface area (Å²) in [5.41, 5.74) is 3.17. The molecule has 3 rings (SSSR count). The van der Waals surface area contributed by atoms with Gasteiger partial charge in [-0.15, -0.1) is 0 Å². The fraction of sp³-hybridized carbons (Fsp3) is 0.143. The zero-order valence-corrected chi connectivity index (χ0v) is 10.2. The molecule has 0 aliphatic rings. The maximum Gasteiger partial charge on any atom is 0.177 e. The Bertz CT molecular complexity index is 750. The first-order valence-corrected chi connectivity index (χ1v) is 5.87. The van der Waals surface area contributed by atoms with E-state index >= 15 is 0 Å². The topological polar surface area (TPSA) is 41.6 Å². The highest BCUT2D eigenvalue weighted by molar-refractivity contribution is 5.71. The lowest BCUT2D eigenvalue weighted by Crippen LogP contribution is -1.93. The molecule has 1 aromatic carbocycles. The number of imidazole rings is 1. The monoisotopic (exact) mass is 259 g/mol. The van der Waals surface area contributed by atoms with Gasteiger partial charge >= 0.3 is 0 Å². The van der Waals surface area contributed by atoms with E-state index in [4.69, 9.17) is 0 Å². The zero-order valence-electron chi connectivity index (χ0n) is 10.2. The number of nitrogens with zero attached hydrogens (tertiary/aromatic N) is 2. The number of H-pyrrole nitrogens is 1. The summed E-state index contributed by atoms with van der Waals surface area (Å²) in [7, 11) is 0. The number of halogens is 2. The number of pyridine rings is 1. The molecule has 2 aromatic heterocycles. The van der Waals surface area contributed by atoms with Gasteiger partial charge in [-0.25, -0.2) is 18.7 Å². The highest BCUT2D eigenvalue weighted by atomic mass is 19.2. The van der Waals surface area contributed by atoms with Crippen LogP contribution in [0, 0.1) is 18.6 Å². The summed E-state index contributed by atoms with van der Waals surface area (Å²) >= 11 is 0. The van der Waals surface area contributed by atoms with Crippen molar-refractivity contribution in [3.8, 4) is 0 Å². The Morgan fingerprint density at radius 3 is 2.79 bits per heavy atom. The normalized spacial score (nSPS) is 11.1. The fourth-order valence-electron chi connectivity index (χ4n) is 1.98. The summed E-state index contributed by atoms with van der Waals surface area (Å²) in [4.78, 5) is 11.6. The number of benzene rings is 1. The molecule has 0 atom stereocenters. The number of aromatic amines is 1. The summed E-state index contributed by atoms with van der Waals surface area (Å²) in [5.74, 6) is -1.01. The van der Waals surface area contributed by atoms with Crippen molar-refractivity contribution in [1.29, 1.82) is 0 Å². The molecule has 0 spiro atoms. The first-order chi connectivity index (χ1) is 9.11. The molecular weight excluding hydrogens is 248 g/mol. The van der Waals surface area contributed by atoms with Crippen LogP contribution in [0.4, 0.5) is 8.78 Å². The van der Waals surface area contributed by atoms with Gasteiger partial charge in [0.25, 0.3) is 0 Å². The number of rotatable bonds is 2. The first-order valence-electron chi connectivity index (χ1n) is 5.87. The zero-order chi connectivity index (χ0) is 13.4. The fourth-order valence-corrected chi connectivity index (χ4v) is 1.98. The molecule has 19 heavy (non-hydrogen) atoms. The maximum atomic E-state index is 13.1. The largest absolute Gasteiger partial charge is 0.340 e. The molecule has 0 amide bonds. The summed E-state index contributed by atoms with van der Waals surface area (Å²) in [6, 6.07) is 5.80. The van der Waals surface area contributed by atoms with Crippen LogP contribution < -0.4 is 0 Å². The molecule has 0 fully saturated rings. The Morgan fingerprint density at radius 1 is 1.16 bits per heavy atom. The van der Waals surface area contributed by atoms with Crippen molar-refractivity contribution in [2.45, 2.75) is 13.3 Å². The molecule has 0 saturated heterocycles. The van der Waals surface area contributed by atoms with Crippen molar-refractivity contribution < 1.29 is 8.78 Å². The standard InChI is InChI=1S/C14H11F2N3/c1-8-4-12-14(17-7-8)19-13(18-12)6-9-2-3-10(15)11(16)5-9/h2-5,7H,6H2,1H3,(H,17,18,19). The second-order valence-electron chi connectivity index (χ2n) is 4.49. The minimum Gasteiger partial charge on any atom is -0.340 e. The second-order valence-corrected chi connectivity index (χ2v) is 4.49. The van der Waals surface area contributed by atoms with Crippen LogP contribution in [0.25, 0.3) is 11.2 Å². The van der Waals surface area contributed by atoms with E-state index in [-0.39, 0.29) is 0 Å². The number of fused-ring (bicyclic) bond motifs is 1. The minimum atomic E-state index is -0.845. The SMILES string of the molecule is Cc1cnc2nc(Cc3ccc(F)c(F)c3)[nH]c2c1. The molecule has 3 aromatic rings. The third-order valence-corrected chi connectivity index (χ3v) is 2.88. The molecule has 0 bridgehead atoms. The Hall–Kier alpha value is -2.30. The van der Waals surface area contributed by atoms with Crippen LogP contribution in [0.2, 0.25) is 0 Å². The molecule has 0 aliphatic carbocycles. The Balaban J connectivity index is 1.94. The number of nitrogens with one attached hydrogen (secondary N) is 1. The van der Waals surface area contributed by atoms with E-state index in [1.807, 2.05) is 13.0 Å². The Morgan fingerprint density at radius 2 is 2.00 bits per heavy atom. The molecule has 0 radical (unpaired) electrons. The summed E-state index contributed by atoms with van der Waals surface area (Å²) in [5, 5.41) is 0. The van der Waals surface area contributed by atoms with E-state index in [0.717, 1.165) is 17.1 Å². The van der Waals surface area contributed by atoms with Crippen LogP contribution >= 0.6 is 0 Å². The van der Waals surface area contributed by atoms with Crippen molar-refractivity contribution >= 4 is 11.2 Å². The van der Waals surface area contributed by atoms with Gasteiger partial charge in [0.2, 0.25) is 0 Å². The lowest BCUT2D eigenvalue weighted by Gasteiger charge is -1.99. The Kier molecular flexibility index (Phi) is 2.74. The molecular formula is C14H11F2N3. The molecule has 1 N–H and O–H groups in total. The van der Waals surface area contributed by atoms with Gasteiger partial charge in [-0.2, -0.15) is 0 Å². The van der Waals surface area contributed by atoms with Crippen LogP contribution in [-0.4, -0.2) is 15.0 Å². The van der Waals surface area contributed by atoms with Crippen molar-refractivity contribution in [3.05, 3.63) is 59.0 Å². The molecule has 5 heteroatoms. The smallest absolute Gasteiger partial charge is 0.177 e. The summed E-state index contributed by atoms with van der Waals surface area (Å²) < 4.78 is 26.0. The molecule has 2 heterocycles. The van der Waals surface area contributed by atoms with Gasteiger partial charge in [0.15, 0.2) is 17.3 Å². The molecule has 0 saturated carbocycles. The quantitative estimate of drug-likeness (QED) is 0.768. The summed E-state index contributed by atoms with van der Waals surface area (Å²) in [6.45, 7) is 1.95. The highest BCUT2D eigenvalue weighted by Crippen LogP contribution is 2.15.